The van der Waals surface area contributed by atoms with Gasteiger partial charge in [-0.25, -0.2) is 0 Å². The fourth-order valence-electron chi connectivity index (χ4n) is 1.95. The van der Waals surface area contributed by atoms with Gasteiger partial charge >= 0.3 is 0 Å². The van der Waals surface area contributed by atoms with Gasteiger partial charge < -0.3 is 5.32 Å². The Labute approximate surface area is 112 Å². The highest BCUT2D eigenvalue weighted by atomic mass is 32.1. The van der Waals surface area contributed by atoms with E-state index in [-0.39, 0.29) is 0 Å². The summed E-state index contributed by atoms with van der Waals surface area (Å²) >= 11 is 3.64. The lowest BCUT2D eigenvalue weighted by Crippen LogP contribution is -2.22. The highest BCUT2D eigenvalue weighted by Crippen LogP contribution is 2.23. The van der Waals surface area contributed by atoms with Crippen LogP contribution in [0.1, 0.15) is 36.2 Å². The van der Waals surface area contributed by atoms with E-state index in [0.717, 1.165) is 13.0 Å². The number of thiophene rings is 2. The van der Waals surface area contributed by atoms with Crippen molar-refractivity contribution in [2.75, 3.05) is 6.54 Å². The van der Waals surface area contributed by atoms with Crippen LogP contribution in [0.5, 0.6) is 0 Å². The Morgan fingerprint density at radius 2 is 2.24 bits per heavy atom. The number of rotatable bonds is 7. The van der Waals surface area contributed by atoms with Crippen LogP contribution >= 0.6 is 22.7 Å². The van der Waals surface area contributed by atoms with Crippen LogP contribution in [0.15, 0.2) is 34.3 Å². The average Bonchev–Trinajstić information content (AvgIpc) is 3.01. The predicted molar refractivity (Wildman–Crippen MR) is 78.0 cm³/mol. The minimum absolute atomic E-state index is 0.540. The van der Waals surface area contributed by atoms with E-state index in [9.17, 15) is 0 Å². The minimum atomic E-state index is 0.540. The van der Waals surface area contributed by atoms with Crippen molar-refractivity contribution in [1.82, 2.24) is 5.32 Å². The van der Waals surface area contributed by atoms with Gasteiger partial charge in [-0.3, -0.25) is 0 Å². The molecule has 0 saturated carbocycles. The Bertz CT molecular complexity index is 392. The molecule has 92 valence electrons. The second-order valence-corrected chi connectivity index (χ2v) is 5.95. The first-order valence-corrected chi connectivity index (χ1v) is 8.00. The Morgan fingerprint density at radius 3 is 2.88 bits per heavy atom. The van der Waals surface area contributed by atoms with E-state index in [1.165, 1.54) is 23.3 Å². The average molecular weight is 265 g/mol. The molecule has 0 saturated heterocycles. The second kappa shape index (κ2) is 6.94. The lowest BCUT2D eigenvalue weighted by molar-refractivity contribution is 0.504. The molecular weight excluding hydrogens is 246 g/mol. The Kier molecular flexibility index (Phi) is 5.23. The molecule has 3 heteroatoms. The van der Waals surface area contributed by atoms with E-state index in [0.29, 0.717) is 6.04 Å². The van der Waals surface area contributed by atoms with Crippen LogP contribution in [0.2, 0.25) is 0 Å². The summed E-state index contributed by atoms with van der Waals surface area (Å²) in [5, 5.41) is 10.2. The lowest BCUT2D eigenvalue weighted by Gasteiger charge is -2.16. The first-order valence-electron chi connectivity index (χ1n) is 6.18. The first-order chi connectivity index (χ1) is 8.40. The summed E-state index contributed by atoms with van der Waals surface area (Å²) in [6, 6.07) is 7.14. The van der Waals surface area contributed by atoms with E-state index < -0.39 is 0 Å². The van der Waals surface area contributed by atoms with E-state index in [1.807, 2.05) is 11.3 Å². The third kappa shape index (κ3) is 3.95. The summed E-state index contributed by atoms with van der Waals surface area (Å²) in [7, 11) is 0. The summed E-state index contributed by atoms with van der Waals surface area (Å²) in [4.78, 5) is 1.47. The summed E-state index contributed by atoms with van der Waals surface area (Å²) in [6.45, 7) is 3.32. The van der Waals surface area contributed by atoms with Crippen LogP contribution < -0.4 is 5.32 Å². The third-order valence-corrected chi connectivity index (χ3v) is 4.57. The molecule has 0 amide bonds. The molecule has 0 aliphatic heterocycles. The van der Waals surface area contributed by atoms with Crippen molar-refractivity contribution in [3.05, 3.63) is 44.8 Å². The second-order valence-electron chi connectivity index (χ2n) is 4.19. The molecule has 1 atom stereocenters. The van der Waals surface area contributed by atoms with Crippen molar-refractivity contribution < 1.29 is 0 Å². The molecule has 17 heavy (non-hydrogen) atoms. The van der Waals surface area contributed by atoms with Gasteiger partial charge in [0.1, 0.15) is 0 Å². The minimum Gasteiger partial charge on any atom is -0.309 e. The highest BCUT2D eigenvalue weighted by Gasteiger charge is 2.10. The first kappa shape index (κ1) is 12.8. The largest absolute Gasteiger partial charge is 0.309 e. The topological polar surface area (TPSA) is 12.0 Å². The van der Waals surface area contributed by atoms with Crippen molar-refractivity contribution in [3.63, 3.8) is 0 Å². The molecule has 0 radical (unpaired) electrons. The quantitative estimate of drug-likeness (QED) is 0.778. The van der Waals surface area contributed by atoms with Crippen LogP contribution in [0, 0.1) is 0 Å². The molecule has 0 bridgehead atoms. The summed E-state index contributed by atoms with van der Waals surface area (Å²) in [5.74, 6) is 0. The molecule has 1 nitrogen and oxygen atoms in total. The van der Waals surface area contributed by atoms with Crippen molar-refractivity contribution in [3.8, 4) is 0 Å². The molecule has 2 aromatic heterocycles. The summed E-state index contributed by atoms with van der Waals surface area (Å²) < 4.78 is 0. The standard InChI is InChI=1S/C14H19NS2/c1-2-4-13(14-5-3-9-17-14)15-8-6-12-7-10-16-11-12/h3,5,7,9-11,13,15H,2,4,6,8H2,1H3. The van der Waals surface area contributed by atoms with Gasteiger partial charge in [0, 0.05) is 10.9 Å². The predicted octanol–water partition coefficient (Wildman–Crippen LogP) is 4.48. The van der Waals surface area contributed by atoms with Crippen molar-refractivity contribution in [1.29, 1.82) is 0 Å². The number of hydrogen-bond acceptors (Lipinski definition) is 3. The van der Waals surface area contributed by atoms with Gasteiger partial charge in [-0.15, -0.1) is 11.3 Å². The van der Waals surface area contributed by atoms with Crippen LogP contribution in [-0.2, 0) is 6.42 Å². The Morgan fingerprint density at radius 1 is 1.29 bits per heavy atom. The molecule has 0 spiro atoms. The van der Waals surface area contributed by atoms with Gasteiger partial charge in [-0.05, 0) is 53.2 Å². The molecule has 1 N–H and O–H groups in total. The zero-order valence-corrected chi connectivity index (χ0v) is 11.8. The zero-order chi connectivity index (χ0) is 11.9. The lowest BCUT2D eigenvalue weighted by atomic mass is 10.1. The fraction of sp³-hybridized carbons (Fsp3) is 0.429. The van der Waals surface area contributed by atoms with Crippen LogP contribution in [0.4, 0.5) is 0 Å². The fourth-order valence-corrected chi connectivity index (χ4v) is 3.49. The van der Waals surface area contributed by atoms with Crippen molar-refractivity contribution in [2.45, 2.75) is 32.2 Å². The molecule has 0 fully saturated rings. The van der Waals surface area contributed by atoms with Gasteiger partial charge in [-0.2, -0.15) is 11.3 Å². The van der Waals surface area contributed by atoms with E-state index in [4.69, 9.17) is 0 Å². The SMILES string of the molecule is CCCC(NCCc1ccsc1)c1cccs1. The highest BCUT2D eigenvalue weighted by molar-refractivity contribution is 7.10. The monoisotopic (exact) mass is 265 g/mol. The molecule has 0 aromatic carbocycles. The maximum atomic E-state index is 3.68. The summed E-state index contributed by atoms with van der Waals surface area (Å²) in [6.07, 6.45) is 3.59. The van der Waals surface area contributed by atoms with Gasteiger partial charge in [-0.1, -0.05) is 19.4 Å². The molecule has 1 unspecified atom stereocenters. The molecule has 2 rings (SSSR count). The van der Waals surface area contributed by atoms with Crippen molar-refractivity contribution >= 4 is 22.7 Å². The number of hydrogen-bond donors (Lipinski definition) is 1. The summed E-state index contributed by atoms with van der Waals surface area (Å²) in [5.41, 5.74) is 1.45. The molecule has 0 aliphatic rings. The Hall–Kier alpha value is -0.640. The molecule has 2 heterocycles. The number of nitrogens with one attached hydrogen (secondary N) is 1. The van der Waals surface area contributed by atoms with Crippen LogP contribution in [0.25, 0.3) is 0 Å². The van der Waals surface area contributed by atoms with Crippen molar-refractivity contribution in [2.24, 2.45) is 0 Å². The molecular formula is C14H19NS2. The van der Waals surface area contributed by atoms with E-state index in [2.05, 4.69) is 46.6 Å². The maximum Gasteiger partial charge on any atom is 0.0414 e. The normalized spacial score (nSPS) is 12.8. The van der Waals surface area contributed by atoms with Gasteiger partial charge in [0.15, 0.2) is 0 Å². The van der Waals surface area contributed by atoms with Gasteiger partial charge in [0.05, 0.1) is 0 Å². The van der Waals surface area contributed by atoms with Gasteiger partial charge in [0.2, 0.25) is 0 Å². The molecule has 0 aliphatic carbocycles. The van der Waals surface area contributed by atoms with E-state index in [1.54, 1.807) is 11.3 Å². The molecule has 2 aromatic rings. The van der Waals surface area contributed by atoms with Gasteiger partial charge in [0.25, 0.3) is 0 Å². The van der Waals surface area contributed by atoms with Crippen LogP contribution in [-0.4, -0.2) is 6.54 Å². The van der Waals surface area contributed by atoms with Crippen LogP contribution in [0.3, 0.4) is 0 Å². The Balaban J connectivity index is 1.82. The smallest absolute Gasteiger partial charge is 0.0414 e. The maximum absolute atomic E-state index is 3.68. The third-order valence-electron chi connectivity index (χ3n) is 2.85. The van der Waals surface area contributed by atoms with E-state index >= 15 is 0 Å². The zero-order valence-electron chi connectivity index (χ0n) is 10.2.